The van der Waals surface area contributed by atoms with Crippen molar-refractivity contribution in [1.82, 2.24) is 4.68 Å². The molecule has 0 spiro atoms. The molecule has 29 heavy (non-hydrogen) atoms. The van der Waals surface area contributed by atoms with Gasteiger partial charge in [0.1, 0.15) is 6.61 Å². The van der Waals surface area contributed by atoms with Crippen LogP contribution in [-0.2, 0) is 28.7 Å². The van der Waals surface area contributed by atoms with Crippen LogP contribution in [0.2, 0.25) is 0 Å². The third kappa shape index (κ3) is 5.77. The van der Waals surface area contributed by atoms with Crippen LogP contribution in [0.1, 0.15) is 0 Å². The number of rotatable bonds is 6. The average Bonchev–Trinajstić information content (AvgIpc) is 2.97. The molecule has 0 unspecified atom stereocenters. The van der Waals surface area contributed by atoms with Crippen LogP contribution < -0.4 is 9.42 Å². The largest absolute Gasteiger partial charge is 0.726 e. The SMILES string of the molecule is C=CCOc1c(-c2ccccc2)n(C)[n+](C)c1-c1ccccc1.COS(=O)(=O)[O-]. The van der Waals surface area contributed by atoms with Gasteiger partial charge in [0.2, 0.25) is 16.1 Å². The molecule has 0 saturated carbocycles. The molecule has 0 radical (unpaired) electrons. The fraction of sp³-hybridized carbons (Fsp3) is 0.190. The molecule has 0 bridgehead atoms. The van der Waals surface area contributed by atoms with Crippen molar-refractivity contribution in [3.05, 3.63) is 73.3 Å². The monoisotopic (exact) mass is 416 g/mol. The van der Waals surface area contributed by atoms with Crippen molar-refractivity contribution in [3.8, 4) is 28.3 Å². The van der Waals surface area contributed by atoms with E-state index in [1.807, 2.05) is 36.4 Å². The number of nitrogens with zero attached hydrogens (tertiary/aromatic N) is 2. The standard InChI is InChI=1S/C20H21N2O.CH4O4S/c1-4-15-23-20-18(16-11-7-5-8-12-16)21(2)22(3)19(20)17-13-9-6-10-14-17;1-5-6(2,3)4/h4-14H,1,15H2,2-3H3;1H3,(H,2,3,4)/q+1;/p-1. The van der Waals surface area contributed by atoms with E-state index in [1.54, 1.807) is 6.08 Å². The Labute approximate surface area is 171 Å². The van der Waals surface area contributed by atoms with Gasteiger partial charge in [-0.1, -0.05) is 61.2 Å². The fourth-order valence-electron chi connectivity index (χ4n) is 2.81. The maximum Gasteiger partial charge on any atom is 0.280 e. The summed E-state index contributed by atoms with van der Waals surface area (Å²) in [5, 5.41) is 0. The van der Waals surface area contributed by atoms with E-state index in [-0.39, 0.29) is 0 Å². The Hall–Kier alpha value is -2.94. The lowest BCUT2D eigenvalue weighted by molar-refractivity contribution is -0.740. The molecular weight excluding hydrogens is 392 g/mol. The zero-order valence-electron chi connectivity index (χ0n) is 16.6. The van der Waals surface area contributed by atoms with Gasteiger partial charge in [0, 0.05) is 5.56 Å². The van der Waals surface area contributed by atoms with E-state index < -0.39 is 10.4 Å². The average molecular weight is 416 g/mol. The normalized spacial score (nSPS) is 10.8. The summed E-state index contributed by atoms with van der Waals surface area (Å²) >= 11 is 0. The summed E-state index contributed by atoms with van der Waals surface area (Å²) in [6.45, 7) is 4.25. The molecule has 0 saturated heterocycles. The minimum absolute atomic E-state index is 0.476. The third-order valence-electron chi connectivity index (χ3n) is 4.17. The van der Waals surface area contributed by atoms with E-state index in [1.165, 1.54) is 0 Å². The molecular formula is C21H24N2O5S. The Morgan fingerprint density at radius 2 is 1.55 bits per heavy atom. The fourth-order valence-corrected chi connectivity index (χ4v) is 2.81. The first-order valence-corrected chi connectivity index (χ1v) is 10.1. The molecule has 3 rings (SSSR count). The summed E-state index contributed by atoms with van der Waals surface area (Å²) in [5.41, 5.74) is 4.39. The van der Waals surface area contributed by atoms with Crippen molar-refractivity contribution in [3.63, 3.8) is 0 Å². The second-order valence-electron chi connectivity index (χ2n) is 5.98. The van der Waals surface area contributed by atoms with Crippen LogP contribution in [0.25, 0.3) is 22.5 Å². The minimum Gasteiger partial charge on any atom is -0.726 e. The van der Waals surface area contributed by atoms with Crippen LogP contribution in [0.4, 0.5) is 0 Å². The minimum atomic E-state index is -4.41. The highest BCUT2D eigenvalue weighted by molar-refractivity contribution is 7.80. The smallest absolute Gasteiger partial charge is 0.280 e. The van der Waals surface area contributed by atoms with Crippen molar-refractivity contribution in [1.29, 1.82) is 0 Å². The van der Waals surface area contributed by atoms with E-state index in [2.05, 4.69) is 58.5 Å². The Morgan fingerprint density at radius 3 is 2.00 bits per heavy atom. The molecule has 8 heteroatoms. The van der Waals surface area contributed by atoms with Crippen LogP contribution in [-0.4, -0.2) is 31.4 Å². The highest BCUT2D eigenvalue weighted by atomic mass is 32.3. The Kier molecular flexibility index (Phi) is 7.72. The first-order valence-electron chi connectivity index (χ1n) is 8.75. The highest BCUT2D eigenvalue weighted by Gasteiger charge is 2.29. The van der Waals surface area contributed by atoms with Crippen LogP contribution in [0.5, 0.6) is 5.75 Å². The predicted molar refractivity (Wildman–Crippen MR) is 110 cm³/mol. The first-order chi connectivity index (χ1) is 13.8. The maximum atomic E-state index is 9.22. The molecule has 0 aliphatic heterocycles. The molecule has 1 heterocycles. The van der Waals surface area contributed by atoms with Gasteiger partial charge in [-0.25, -0.2) is 8.42 Å². The van der Waals surface area contributed by atoms with Crippen LogP contribution >= 0.6 is 0 Å². The number of hydrogen-bond donors (Lipinski definition) is 0. The zero-order valence-corrected chi connectivity index (χ0v) is 17.4. The van der Waals surface area contributed by atoms with Gasteiger partial charge < -0.3 is 9.29 Å². The third-order valence-corrected chi connectivity index (χ3v) is 4.58. The van der Waals surface area contributed by atoms with Gasteiger partial charge in [0.15, 0.2) is 12.7 Å². The van der Waals surface area contributed by atoms with Gasteiger partial charge in [-0.05, 0) is 12.1 Å². The van der Waals surface area contributed by atoms with Crippen LogP contribution in [0.15, 0.2) is 73.3 Å². The van der Waals surface area contributed by atoms with Crippen molar-refractivity contribution in [2.75, 3.05) is 13.7 Å². The van der Waals surface area contributed by atoms with Crippen LogP contribution in [0.3, 0.4) is 0 Å². The number of ether oxygens (including phenoxy) is 1. The molecule has 2 aromatic carbocycles. The molecule has 0 N–H and O–H groups in total. The van der Waals surface area contributed by atoms with Gasteiger partial charge in [-0.3, -0.25) is 4.18 Å². The van der Waals surface area contributed by atoms with E-state index in [0.717, 1.165) is 35.4 Å². The second kappa shape index (κ2) is 10.0. The van der Waals surface area contributed by atoms with Crippen molar-refractivity contribution in [2.45, 2.75) is 0 Å². The Bertz CT molecular complexity index is 983. The summed E-state index contributed by atoms with van der Waals surface area (Å²) in [7, 11) is 0.498. The molecule has 0 aliphatic carbocycles. The summed E-state index contributed by atoms with van der Waals surface area (Å²) in [5.74, 6) is 0.882. The van der Waals surface area contributed by atoms with Crippen molar-refractivity contribution in [2.24, 2.45) is 14.1 Å². The number of benzene rings is 2. The quantitative estimate of drug-likeness (QED) is 0.267. The predicted octanol–water partition coefficient (Wildman–Crippen LogP) is 2.84. The molecule has 1 aromatic heterocycles. The van der Waals surface area contributed by atoms with Gasteiger partial charge >= 0.3 is 0 Å². The lowest BCUT2D eigenvalue weighted by Crippen LogP contribution is -2.39. The number of aromatic nitrogens is 2. The van der Waals surface area contributed by atoms with Gasteiger partial charge in [-0.2, -0.15) is 4.68 Å². The van der Waals surface area contributed by atoms with E-state index >= 15 is 0 Å². The summed E-state index contributed by atoms with van der Waals surface area (Å²) < 4.78 is 41.3. The molecule has 0 fully saturated rings. The van der Waals surface area contributed by atoms with Crippen molar-refractivity contribution >= 4 is 10.4 Å². The van der Waals surface area contributed by atoms with Gasteiger partial charge in [-0.15, -0.1) is 4.68 Å². The molecule has 0 aliphatic rings. The Balaban J connectivity index is 0.000000438. The summed E-state index contributed by atoms with van der Waals surface area (Å²) in [6, 6.07) is 20.6. The van der Waals surface area contributed by atoms with E-state index in [0.29, 0.717) is 6.61 Å². The topological polar surface area (TPSA) is 84.5 Å². The van der Waals surface area contributed by atoms with Crippen molar-refractivity contribution < 1.29 is 26.6 Å². The number of hydrogen-bond acceptors (Lipinski definition) is 5. The molecule has 3 aromatic rings. The lowest BCUT2D eigenvalue weighted by Gasteiger charge is -2.05. The second-order valence-corrected chi connectivity index (χ2v) is 7.13. The molecule has 154 valence electrons. The lowest BCUT2D eigenvalue weighted by atomic mass is 10.1. The van der Waals surface area contributed by atoms with Crippen LogP contribution in [0, 0.1) is 0 Å². The van der Waals surface area contributed by atoms with E-state index in [4.69, 9.17) is 4.74 Å². The first kappa shape index (κ1) is 22.4. The molecule has 7 nitrogen and oxygen atoms in total. The van der Waals surface area contributed by atoms with Gasteiger partial charge in [0.25, 0.3) is 5.69 Å². The highest BCUT2D eigenvalue weighted by Crippen LogP contribution is 2.37. The zero-order chi connectivity index (χ0) is 21.4. The van der Waals surface area contributed by atoms with E-state index in [9.17, 15) is 13.0 Å². The summed E-state index contributed by atoms with van der Waals surface area (Å²) in [6.07, 6.45) is 1.77. The van der Waals surface area contributed by atoms with Gasteiger partial charge in [0.05, 0.1) is 19.7 Å². The molecule has 0 atom stereocenters. The Morgan fingerprint density at radius 1 is 1.07 bits per heavy atom. The maximum absolute atomic E-state index is 9.22. The summed E-state index contributed by atoms with van der Waals surface area (Å²) in [4.78, 5) is 0. The molecule has 0 amide bonds.